The van der Waals surface area contributed by atoms with E-state index in [-0.39, 0.29) is 23.5 Å². The van der Waals surface area contributed by atoms with Gasteiger partial charge in [-0.1, -0.05) is 43.5 Å². The SMILES string of the molecule is CC(=O)c1cccc(NC(=O)COC(=O)c2ccccc2SCC(=O)N(C)C2CCCCC2)c1. The van der Waals surface area contributed by atoms with Crippen molar-refractivity contribution in [1.29, 1.82) is 0 Å². The van der Waals surface area contributed by atoms with Crippen molar-refractivity contribution in [3.63, 3.8) is 0 Å². The normalized spacial score (nSPS) is 13.7. The number of nitrogens with one attached hydrogen (secondary N) is 1. The first-order valence-corrected chi connectivity index (χ1v) is 12.4. The van der Waals surface area contributed by atoms with Crippen LogP contribution in [-0.2, 0) is 14.3 Å². The second-order valence-corrected chi connectivity index (χ2v) is 9.36. The van der Waals surface area contributed by atoms with E-state index in [1.165, 1.54) is 25.1 Å². The molecule has 0 saturated heterocycles. The van der Waals surface area contributed by atoms with Gasteiger partial charge in [0.05, 0.1) is 11.3 Å². The largest absolute Gasteiger partial charge is 0.452 e. The second kappa shape index (κ2) is 12.4. The second-order valence-electron chi connectivity index (χ2n) is 8.34. The van der Waals surface area contributed by atoms with Crippen LogP contribution in [0.2, 0.25) is 0 Å². The van der Waals surface area contributed by atoms with Crippen LogP contribution in [0.25, 0.3) is 0 Å². The minimum Gasteiger partial charge on any atom is -0.452 e. The Balaban J connectivity index is 1.53. The van der Waals surface area contributed by atoms with E-state index in [4.69, 9.17) is 4.74 Å². The number of amides is 2. The van der Waals surface area contributed by atoms with Crippen LogP contribution >= 0.6 is 11.8 Å². The van der Waals surface area contributed by atoms with Crippen molar-refractivity contribution in [2.75, 3.05) is 24.7 Å². The van der Waals surface area contributed by atoms with Crippen molar-refractivity contribution in [3.05, 3.63) is 59.7 Å². The number of thioether (sulfide) groups is 1. The van der Waals surface area contributed by atoms with Crippen molar-refractivity contribution in [3.8, 4) is 0 Å². The van der Waals surface area contributed by atoms with Crippen LogP contribution in [0.1, 0.15) is 59.7 Å². The summed E-state index contributed by atoms with van der Waals surface area (Å²) in [6.45, 7) is 0.977. The van der Waals surface area contributed by atoms with Crippen molar-refractivity contribution in [1.82, 2.24) is 4.90 Å². The molecule has 0 spiro atoms. The third-order valence-corrected chi connectivity index (χ3v) is 6.92. The molecule has 1 saturated carbocycles. The Bertz CT molecular complexity index is 1050. The van der Waals surface area contributed by atoms with Gasteiger partial charge in [0.25, 0.3) is 5.91 Å². The molecular formula is C26H30N2O5S. The summed E-state index contributed by atoms with van der Waals surface area (Å²) in [7, 11) is 1.85. The molecule has 1 aliphatic rings. The number of carbonyl (C=O) groups is 4. The van der Waals surface area contributed by atoms with Gasteiger partial charge >= 0.3 is 5.97 Å². The molecule has 0 aromatic heterocycles. The van der Waals surface area contributed by atoms with E-state index in [1.807, 2.05) is 11.9 Å². The third-order valence-electron chi connectivity index (χ3n) is 5.86. The molecule has 1 N–H and O–H groups in total. The summed E-state index contributed by atoms with van der Waals surface area (Å²) >= 11 is 1.29. The summed E-state index contributed by atoms with van der Waals surface area (Å²) in [4.78, 5) is 51.5. The van der Waals surface area contributed by atoms with E-state index in [0.717, 1.165) is 25.7 Å². The standard InChI is InChI=1S/C26H30N2O5S/c1-18(29)19-9-8-10-20(15-19)27-24(30)16-33-26(32)22-13-6-7-14-23(22)34-17-25(31)28(2)21-11-4-3-5-12-21/h6-10,13-15,21H,3-5,11-12,16-17H2,1-2H3,(H,27,30). The molecule has 0 atom stereocenters. The molecule has 0 aliphatic heterocycles. The van der Waals surface area contributed by atoms with Gasteiger partial charge < -0.3 is 15.0 Å². The van der Waals surface area contributed by atoms with Crippen molar-refractivity contribution < 1.29 is 23.9 Å². The van der Waals surface area contributed by atoms with Crippen LogP contribution in [0.4, 0.5) is 5.69 Å². The number of hydrogen-bond acceptors (Lipinski definition) is 6. The molecule has 0 bridgehead atoms. The minimum atomic E-state index is -0.635. The smallest absolute Gasteiger partial charge is 0.339 e. The third kappa shape index (κ3) is 7.18. The van der Waals surface area contributed by atoms with E-state index in [0.29, 0.717) is 21.7 Å². The van der Waals surface area contributed by atoms with Gasteiger partial charge in [-0.3, -0.25) is 14.4 Å². The molecule has 2 amide bonds. The zero-order chi connectivity index (χ0) is 24.5. The highest BCUT2D eigenvalue weighted by atomic mass is 32.2. The Morgan fingerprint density at radius 3 is 2.50 bits per heavy atom. The van der Waals surface area contributed by atoms with Crippen LogP contribution in [0.3, 0.4) is 0 Å². The lowest BCUT2D eigenvalue weighted by Gasteiger charge is -2.31. The number of ether oxygens (including phenoxy) is 1. The predicted molar refractivity (Wildman–Crippen MR) is 132 cm³/mol. The molecule has 8 heteroatoms. The Kier molecular flexibility index (Phi) is 9.27. The van der Waals surface area contributed by atoms with Gasteiger partial charge in [-0.2, -0.15) is 0 Å². The first-order valence-electron chi connectivity index (χ1n) is 11.4. The number of ketones is 1. The first kappa shape index (κ1) is 25.5. The average Bonchev–Trinajstić information content (AvgIpc) is 2.86. The molecule has 0 radical (unpaired) electrons. The van der Waals surface area contributed by atoms with Crippen molar-refractivity contribution in [2.24, 2.45) is 0 Å². The number of esters is 1. The number of Topliss-reactive ketones (excluding diaryl/α,β-unsaturated/α-hetero) is 1. The molecule has 34 heavy (non-hydrogen) atoms. The topological polar surface area (TPSA) is 92.8 Å². The number of benzene rings is 2. The number of nitrogens with zero attached hydrogens (tertiary/aromatic N) is 1. The fourth-order valence-electron chi connectivity index (χ4n) is 3.90. The summed E-state index contributed by atoms with van der Waals surface area (Å²) in [5.41, 5.74) is 1.24. The molecule has 0 heterocycles. The van der Waals surface area contributed by atoms with Gasteiger partial charge in [0.15, 0.2) is 12.4 Å². The summed E-state index contributed by atoms with van der Waals surface area (Å²) in [5.74, 6) is -0.996. The zero-order valence-corrected chi connectivity index (χ0v) is 20.4. The Hall–Kier alpha value is -3.13. The zero-order valence-electron chi connectivity index (χ0n) is 19.5. The predicted octanol–water partition coefficient (Wildman–Crippen LogP) is 4.57. The van der Waals surface area contributed by atoms with Gasteiger partial charge in [0, 0.05) is 29.2 Å². The Labute approximate surface area is 204 Å². The van der Waals surface area contributed by atoms with Gasteiger partial charge in [-0.05, 0) is 44.0 Å². The lowest BCUT2D eigenvalue weighted by atomic mass is 9.94. The van der Waals surface area contributed by atoms with Gasteiger partial charge in [0.2, 0.25) is 5.91 Å². The number of anilines is 1. The highest BCUT2D eigenvalue weighted by molar-refractivity contribution is 8.00. The van der Waals surface area contributed by atoms with E-state index >= 15 is 0 Å². The van der Waals surface area contributed by atoms with Gasteiger partial charge in [0.1, 0.15) is 0 Å². The average molecular weight is 483 g/mol. The molecule has 0 unspecified atom stereocenters. The Morgan fingerprint density at radius 2 is 1.76 bits per heavy atom. The lowest BCUT2D eigenvalue weighted by Crippen LogP contribution is -2.39. The molecular weight excluding hydrogens is 452 g/mol. The fourth-order valence-corrected chi connectivity index (χ4v) is 4.86. The maximum absolute atomic E-state index is 12.7. The molecule has 180 valence electrons. The summed E-state index contributed by atoms with van der Waals surface area (Å²) in [5, 5.41) is 2.62. The molecule has 2 aromatic rings. The number of hydrogen-bond donors (Lipinski definition) is 1. The van der Waals surface area contributed by atoms with Crippen molar-refractivity contribution in [2.45, 2.75) is 50.0 Å². The van der Waals surface area contributed by atoms with Crippen LogP contribution < -0.4 is 5.32 Å². The summed E-state index contributed by atoms with van der Waals surface area (Å²) in [6.07, 6.45) is 5.61. The highest BCUT2D eigenvalue weighted by Gasteiger charge is 2.23. The quantitative estimate of drug-likeness (QED) is 0.320. The van der Waals surface area contributed by atoms with Crippen LogP contribution in [0.5, 0.6) is 0 Å². The van der Waals surface area contributed by atoms with E-state index in [1.54, 1.807) is 48.5 Å². The van der Waals surface area contributed by atoms with E-state index in [9.17, 15) is 19.2 Å². The van der Waals surface area contributed by atoms with Crippen molar-refractivity contribution >= 4 is 41.0 Å². The lowest BCUT2D eigenvalue weighted by molar-refractivity contribution is -0.129. The maximum atomic E-state index is 12.7. The monoisotopic (exact) mass is 482 g/mol. The van der Waals surface area contributed by atoms with Crippen LogP contribution in [0, 0.1) is 0 Å². The summed E-state index contributed by atoms with van der Waals surface area (Å²) in [6, 6.07) is 13.7. The molecule has 1 aliphatic carbocycles. The number of carbonyl (C=O) groups excluding carboxylic acids is 4. The van der Waals surface area contributed by atoms with Gasteiger partial charge in [-0.15, -0.1) is 11.8 Å². The maximum Gasteiger partial charge on any atom is 0.339 e. The van der Waals surface area contributed by atoms with E-state index in [2.05, 4.69) is 5.32 Å². The molecule has 7 nitrogen and oxygen atoms in total. The fraction of sp³-hybridized carbons (Fsp3) is 0.385. The van der Waals surface area contributed by atoms with Gasteiger partial charge in [-0.25, -0.2) is 4.79 Å². The summed E-state index contributed by atoms with van der Waals surface area (Å²) < 4.78 is 5.20. The molecule has 3 rings (SSSR count). The molecule has 1 fully saturated rings. The van der Waals surface area contributed by atoms with E-state index < -0.39 is 18.5 Å². The first-order chi connectivity index (χ1) is 16.3. The molecule has 2 aromatic carbocycles. The Morgan fingerprint density at radius 1 is 1.03 bits per heavy atom. The number of rotatable bonds is 9. The minimum absolute atomic E-state index is 0.0345. The van der Waals surface area contributed by atoms with Crippen LogP contribution in [0.15, 0.2) is 53.4 Å². The van der Waals surface area contributed by atoms with Crippen LogP contribution in [-0.4, -0.2) is 53.9 Å². The highest BCUT2D eigenvalue weighted by Crippen LogP contribution is 2.26.